The van der Waals surface area contributed by atoms with Crippen molar-refractivity contribution >= 4 is 11.9 Å². The summed E-state index contributed by atoms with van der Waals surface area (Å²) in [6, 6.07) is 0. The normalized spacial score (nSPS) is 25.5. The Balaban J connectivity index is 1.92. The van der Waals surface area contributed by atoms with Gasteiger partial charge in [-0.25, -0.2) is 0 Å². The molecule has 0 aliphatic heterocycles. The molecule has 0 atom stereocenters. The number of carbonyl (C=O) groups excluding carboxylic acids is 1. The van der Waals surface area contributed by atoms with Gasteiger partial charge < -0.3 is 20.0 Å². The minimum atomic E-state index is -1.02. The Morgan fingerprint density at radius 3 is 2.81 bits per heavy atom. The molecule has 1 heterocycles. The first-order valence-corrected chi connectivity index (χ1v) is 6.86. The molecule has 0 amide bonds. The minimum Gasteiger partial charge on any atom is -0.466 e. The summed E-state index contributed by atoms with van der Waals surface area (Å²) in [7, 11) is 0. The fraction of sp³-hybridized carbons (Fsp3) is 0.750. The monoisotopic (exact) mass is 298 g/mol. The fourth-order valence-corrected chi connectivity index (χ4v) is 2.56. The average Bonchev–Trinajstić information content (AvgIpc) is 2.88. The first-order valence-electron chi connectivity index (χ1n) is 6.86. The Hall–Kier alpha value is -2.03. The maximum Gasteiger partial charge on any atom is 0.490 e. The summed E-state index contributed by atoms with van der Waals surface area (Å²) in [5, 5.41) is 24.7. The quantitative estimate of drug-likeness (QED) is 0.481. The van der Waals surface area contributed by atoms with E-state index in [-0.39, 0.29) is 18.4 Å². The van der Waals surface area contributed by atoms with E-state index in [1.807, 2.05) is 0 Å². The van der Waals surface area contributed by atoms with Gasteiger partial charge in [0, 0.05) is 5.10 Å². The topological polar surface area (TPSA) is 120 Å². The van der Waals surface area contributed by atoms with E-state index in [0.29, 0.717) is 32.3 Å². The Bertz CT molecular complexity index is 521. The van der Waals surface area contributed by atoms with Gasteiger partial charge in [0.2, 0.25) is 6.33 Å². The molecule has 1 N–H and O–H groups in total. The number of rotatable bonds is 5. The predicted molar refractivity (Wildman–Crippen MR) is 70.2 cm³/mol. The second kappa shape index (κ2) is 6.17. The van der Waals surface area contributed by atoms with Crippen molar-refractivity contribution in [3.05, 3.63) is 16.4 Å². The number of aromatic nitrogens is 3. The molecule has 1 fully saturated rings. The molecule has 9 nitrogen and oxygen atoms in total. The van der Waals surface area contributed by atoms with E-state index >= 15 is 0 Å². The summed E-state index contributed by atoms with van der Waals surface area (Å²) in [5.41, 5.74) is -1.02. The number of carbonyl (C=O) groups is 1. The summed E-state index contributed by atoms with van der Waals surface area (Å²) >= 11 is 0. The SMILES string of the molecule is CCOC(=O)C1CCC(O)(Cn2cnc([N+](=O)[O-])n2)CC1. The standard InChI is InChI=1S/C12H18N4O5/c1-2-21-10(17)9-3-5-12(18,6-4-9)7-15-8-13-11(14-15)16(19)20/h8-9,18H,2-7H2,1H3. The highest BCUT2D eigenvalue weighted by atomic mass is 16.6. The molecule has 0 unspecified atom stereocenters. The van der Waals surface area contributed by atoms with Crippen molar-refractivity contribution in [2.75, 3.05) is 6.61 Å². The lowest BCUT2D eigenvalue weighted by atomic mass is 9.79. The third-order valence-corrected chi connectivity index (χ3v) is 3.68. The second-order valence-corrected chi connectivity index (χ2v) is 5.25. The van der Waals surface area contributed by atoms with Crippen LogP contribution in [0.15, 0.2) is 6.33 Å². The van der Waals surface area contributed by atoms with Crippen molar-refractivity contribution < 1.29 is 19.6 Å². The molecule has 21 heavy (non-hydrogen) atoms. The van der Waals surface area contributed by atoms with Gasteiger partial charge in [-0.05, 0) is 37.5 Å². The highest BCUT2D eigenvalue weighted by Gasteiger charge is 2.37. The van der Waals surface area contributed by atoms with Crippen LogP contribution in [0.3, 0.4) is 0 Å². The van der Waals surface area contributed by atoms with E-state index in [1.54, 1.807) is 6.92 Å². The fourth-order valence-electron chi connectivity index (χ4n) is 2.56. The maximum absolute atomic E-state index is 11.6. The molecule has 0 spiro atoms. The van der Waals surface area contributed by atoms with Crippen LogP contribution in [0.5, 0.6) is 0 Å². The average molecular weight is 298 g/mol. The van der Waals surface area contributed by atoms with Crippen LogP contribution < -0.4 is 0 Å². The van der Waals surface area contributed by atoms with Crippen LogP contribution in [0.2, 0.25) is 0 Å². The lowest BCUT2D eigenvalue weighted by molar-refractivity contribution is -0.394. The van der Waals surface area contributed by atoms with Crippen molar-refractivity contribution in [1.82, 2.24) is 14.8 Å². The predicted octanol–water partition coefficient (Wildman–Crippen LogP) is 0.671. The van der Waals surface area contributed by atoms with Crippen molar-refractivity contribution in [2.45, 2.75) is 44.8 Å². The van der Waals surface area contributed by atoms with Crippen molar-refractivity contribution in [2.24, 2.45) is 5.92 Å². The molecule has 1 saturated carbocycles. The van der Waals surface area contributed by atoms with E-state index in [0.717, 1.165) is 0 Å². The summed E-state index contributed by atoms with van der Waals surface area (Å²) in [6.45, 7) is 2.24. The van der Waals surface area contributed by atoms with E-state index in [1.165, 1.54) is 11.0 Å². The molecule has 2 rings (SSSR count). The number of aliphatic hydroxyl groups is 1. The van der Waals surface area contributed by atoms with Crippen LogP contribution in [-0.2, 0) is 16.1 Å². The van der Waals surface area contributed by atoms with Gasteiger partial charge in [0.05, 0.1) is 24.7 Å². The van der Waals surface area contributed by atoms with Crippen LogP contribution in [0.1, 0.15) is 32.6 Å². The summed E-state index contributed by atoms with van der Waals surface area (Å²) in [6.07, 6.45) is 3.14. The van der Waals surface area contributed by atoms with E-state index < -0.39 is 16.5 Å². The Morgan fingerprint density at radius 1 is 1.62 bits per heavy atom. The van der Waals surface area contributed by atoms with E-state index in [9.17, 15) is 20.0 Å². The van der Waals surface area contributed by atoms with Crippen LogP contribution in [0.25, 0.3) is 0 Å². The summed E-state index contributed by atoms with van der Waals surface area (Å²) < 4.78 is 6.24. The Labute approximate surface area is 121 Å². The van der Waals surface area contributed by atoms with Crippen LogP contribution in [0.4, 0.5) is 5.95 Å². The smallest absolute Gasteiger partial charge is 0.466 e. The molecule has 116 valence electrons. The molecule has 9 heteroatoms. The Morgan fingerprint density at radius 2 is 2.29 bits per heavy atom. The van der Waals surface area contributed by atoms with Crippen LogP contribution in [0, 0.1) is 16.0 Å². The number of nitro groups is 1. The highest BCUT2D eigenvalue weighted by Crippen LogP contribution is 2.33. The van der Waals surface area contributed by atoms with Gasteiger partial charge in [0.1, 0.15) is 0 Å². The molecule has 0 bridgehead atoms. The largest absolute Gasteiger partial charge is 0.490 e. The van der Waals surface area contributed by atoms with Crippen molar-refractivity contribution in [3.8, 4) is 0 Å². The van der Waals surface area contributed by atoms with Crippen molar-refractivity contribution in [3.63, 3.8) is 0 Å². The molecule has 1 aliphatic carbocycles. The Kier molecular flexibility index (Phi) is 4.51. The number of hydrogen-bond acceptors (Lipinski definition) is 7. The van der Waals surface area contributed by atoms with E-state index in [2.05, 4.69) is 10.1 Å². The third-order valence-electron chi connectivity index (χ3n) is 3.68. The zero-order valence-corrected chi connectivity index (χ0v) is 11.8. The first kappa shape index (κ1) is 15.4. The molecule has 1 aliphatic rings. The van der Waals surface area contributed by atoms with Gasteiger partial charge in [-0.15, -0.1) is 0 Å². The lowest BCUT2D eigenvalue weighted by Gasteiger charge is -2.34. The number of nitrogens with zero attached hydrogens (tertiary/aromatic N) is 4. The molecular weight excluding hydrogens is 280 g/mol. The second-order valence-electron chi connectivity index (χ2n) is 5.25. The molecule has 0 aromatic carbocycles. The highest BCUT2D eigenvalue weighted by molar-refractivity contribution is 5.72. The molecular formula is C12H18N4O5. The van der Waals surface area contributed by atoms with Crippen LogP contribution in [-0.4, -0.2) is 43.0 Å². The molecule has 1 aromatic heterocycles. The number of hydrogen-bond donors (Lipinski definition) is 1. The van der Waals surface area contributed by atoms with Gasteiger partial charge >= 0.3 is 11.9 Å². The van der Waals surface area contributed by atoms with Gasteiger partial charge in [-0.3, -0.25) is 4.79 Å². The first-order chi connectivity index (χ1) is 9.93. The van der Waals surface area contributed by atoms with E-state index in [4.69, 9.17) is 4.74 Å². The number of esters is 1. The molecule has 1 aromatic rings. The van der Waals surface area contributed by atoms with Crippen LogP contribution >= 0.6 is 0 Å². The van der Waals surface area contributed by atoms with Gasteiger partial charge in [0.15, 0.2) is 0 Å². The lowest BCUT2D eigenvalue weighted by Crippen LogP contribution is -2.40. The molecule has 0 saturated heterocycles. The molecule has 0 radical (unpaired) electrons. The van der Waals surface area contributed by atoms with Gasteiger partial charge in [-0.1, -0.05) is 4.98 Å². The summed E-state index contributed by atoms with van der Waals surface area (Å²) in [5.74, 6) is -0.898. The van der Waals surface area contributed by atoms with Crippen molar-refractivity contribution in [1.29, 1.82) is 0 Å². The number of ether oxygens (including phenoxy) is 1. The maximum atomic E-state index is 11.6. The van der Waals surface area contributed by atoms with Gasteiger partial charge in [-0.2, -0.15) is 4.68 Å². The minimum absolute atomic E-state index is 0.128. The summed E-state index contributed by atoms with van der Waals surface area (Å²) in [4.78, 5) is 25.0. The zero-order valence-electron chi connectivity index (χ0n) is 11.8. The zero-order chi connectivity index (χ0) is 15.5. The van der Waals surface area contributed by atoms with Gasteiger partial charge in [0.25, 0.3) is 0 Å². The third kappa shape index (κ3) is 3.75.